The first kappa shape index (κ1) is 16.0. The third-order valence-electron chi connectivity index (χ3n) is 3.54. The van der Waals surface area contributed by atoms with Gasteiger partial charge in [-0.15, -0.1) is 0 Å². The minimum Gasteiger partial charge on any atom is -0.384 e. The molecule has 114 valence electrons. The van der Waals surface area contributed by atoms with Crippen molar-refractivity contribution in [3.8, 4) is 11.8 Å². The molecule has 1 aromatic carbocycles. The largest absolute Gasteiger partial charge is 0.384 e. The Hall–Kier alpha value is -1.39. The molecule has 0 radical (unpaired) electrons. The van der Waals surface area contributed by atoms with Gasteiger partial charge in [0, 0.05) is 18.7 Å². The lowest BCUT2D eigenvalue weighted by Crippen LogP contribution is -2.47. The fourth-order valence-electron chi connectivity index (χ4n) is 2.25. The van der Waals surface area contributed by atoms with Gasteiger partial charge in [-0.3, -0.25) is 0 Å². The van der Waals surface area contributed by atoms with Crippen molar-refractivity contribution in [2.24, 2.45) is 0 Å². The summed E-state index contributed by atoms with van der Waals surface area (Å²) in [4.78, 5) is 0.230. The maximum absolute atomic E-state index is 12.4. The summed E-state index contributed by atoms with van der Waals surface area (Å²) in [6.45, 7) is 1.49. The lowest BCUT2D eigenvalue weighted by atomic mass is 9.90. The number of hydrogen-bond acceptors (Lipinski definition) is 4. The normalized spacial score (nSPS) is 21.3. The van der Waals surface area contributed by atoms with Crippen LogP contribution in [0.15, 0.2) is 23.1 Å². The molecular formula is C15H19NO4S. The molecule has 0 unspecified atom stereocenters. The molecule has 21 heavy (non-hydrogen) atoms. The zero-order valence-corrected chi connectivity index (χ0v) is 12.9. The summed E-state index contributed by atoms with van der Waals surface area (Å²) in [5.41, 5.74) is 1.23. The molecular weight excluding hydrogens is 290 g/mol. The first-order chi connectivity index (χ1) is 9.96. The Morgan fingerprint density at radius 3 is 2.76 bits per heavy atom. The van der Waals surface area contributed by atoms with Gasteiger partial charge in [0.2, 0.25) is 10.0 Å². The van der Waals surface area contributed by atoms with Crippen molar-refractivity contribution in [3.05, 3.63) is 29.3 Å². The molecule has 2 N–H and O–H groups in total. The second-order valence-corrected chi connectivity index (χ2v) is 6.77. The smallest absolute Gasteiger partial charge is 0.241 e. The Bertz CT molecular complexity index is 667. The third kappa shape index (κ3) is 3.83. The predicted molar refractivity (Wildman–Crippen MR) is 79.3 cm³/mol. The lowest BCUT2D eigenvalue weighted by molar-refractivity contribution is 0.0236. The van der Waals surface area contributed by atoms with E-state index in [0.29, 0.717) is 24.0 Å². The highest BCUT2D eigenvalue weighted by molar-refractivity contribution is 7.89. The van der Waals surface area contributed by atoms with E-state index in [9.17, 15) is 8.42 Å². The van der Waals surface area contributed by atoms with Crippen LogP contribution in [0.3, 0.4) is 0 Å². The number of nitrogens with one attached hydrogen (secondary N) is 1. The highest BCUT2D eigenvalue weighted by Crippen LogP contribution is 2.25. The minimum atomic E-state index is -3.57. The Balaban J connectivity index is 2.19. The maximum atomic E-state index is 12.4. The van der Waals surface area contributed by atoms with E-state index in [-0.39, 0.29) is 23.6 Å². The van der Waals surface area contributed by atoms with Crippen molar-refractivity contribution < 1.29 is 18.3 Å². The molecule has 1 fully saturated rings. The highest BCUT2D eigenvalue weighted by atomic mass is 32.2. The van der Waals surface area contributed by atoms with Crippen LogP contribution in [0.5, 0.6) is 0 Å². The summed E-state index contributed by atoms with van der Waals surface area (Å²) in [6.07, 6.45) is 1.53. The van der Waals surface area contributed by atoms with E-state index in [1.807, 2.05) is 0 Å². The third-order valence-corrected chi connectivity index (χ3v) is 5.20. The van der Waals surface area contributed by atoms with Gasteiger partial charge in [-0.1, -0.05) is 17.9 Å². The fourth-order valence-corrected chi connectivity index (χ4v) is 3.78. The zero-order valence-electron chi connectivity index (χ0n) is 12.1. The van der Waals surface area contributed by atoms with E-state index >= 15 is 0 Å². The van der Waals surface area contributed by atoms with E-state index in [2.05, 4.69) is 16.6 Å². The number of aryl methyl sites for hydroxylation is 1. The number of methoxy groups -OCH3 is 1. The molecule has 0 heterocycles. The van der Waals surface area contributed by atoms with Gasteiger partial charge in [-0.25, -0.2) is 13.1 Å². The minimum absolute atomic E-state index is 0.0773. The van der Waals surface area contributed by atoms with Crippen LogP contribution >= 0.6 is 0 Å². The van der Waals surface area contributed by atoms with Gasteiger partial charge in [0.15, 0.2) is 0 Å². The monoisotopic (exact) mass is 309 g/mol. The molecule has 2 rings (SSSR count). The summed E-state index contributed by atoms with van der Waals surface area (Å²) < 4.78 is 32.7. The van der Waals surface area contributed by atoms with Crippen LogP contribution in [-0.4, -0.2) is 39.4 Å². The number of hydrogen-bond donors (Lipinski definition) is 2. The van der Waals surface area contributed by atoms with Gasteiger partial charge >= 0.3 is 0 Å². The van der Waals surface area contributed by atoms with Crippen molar-refractivity contribution in [2.75, 3.05) is 13.7 Å². The molecule has 1 aliphatic rings. The molecule has 1 aliphatic carbocycles. The van der Waals surface area contributed by atoms with Gasteiger partial charge in [-0.05, 0) is 37.5 Å². The van der Waals surface area contributed by atoms with E-state index in [1.165, 1.54) is 6.07 Å². The predicted octanol–water partition coefficient (Wildman–Crippen LogP) is 0.795. The van der Waals surface area contributed by atoms with Crippen LogP contribution in [0.2, 0.25) is 0 Å². The fraction of sp³-hybridized carbons (Fsp3) is 0.467. The number of ether oxygens (including phenoxy) is 1. The topological polar surface area (TPSA) is 75.6 Å². The van der Waals surface area contributed by atoms with Gasteiger partial charge in [-0.2, -0.15) is 0 Å². The number of sulfonamides is 1. The SMILES string of the molecule is COC1CC(NS(=O)(=O)c2cc(C#CCO)ccc2C)C1. The van der Waals surface area contributed by atoms with Crippen molar-refractivity contribution in [2.45, 2.75) is 36.8 Å². The number of aliphatic hydroxyl groups is 1. The van der Waals surface area contributed by atoms with Gasteiger partial charge in [0.25, 0.3) is 0 Å². The Morgan fingerprint density at radius 2 is 2.14 bits per heavy atom. The summed E-state index contributed by atoms with van der Waals surface area (Å²) >= 11 is 0. The second-order valence-electron chi connectivity index (χ2n) is 5.09. The molecule has 1 saturated carbocycles. The van der Waals surface area contributed by atoms with E-state index in [1.54, 1.807) is 26.2 Å². The van der Waals surface area contributed by atoms with E-state index < -0.39 is 10.0 Å². The average molecular weight is 309 g/mol. The number of aliphatic hydroxyl groups excluding tert-OH is 1. The molecule has 1 aromatic rings. The molecule has 0 bridgehead atoms. The van der Waals surface area contributed by atoms with Crippen LogP contribution in [0.4, 0.5) is 0 Å². The molecule has 0 amide bonds. The Labute approximate surface area is 125 Å². The zero-order chi connectivity index (χ0) is 15.5. The van der Waals surface area contributed by atoms with Crippen LogP contribution in [0.1, 0.15) is 24.0 Å². The lowest BCUT2D eigenvalue weighted by Gasteiger charge is -2.34. The van der Waals surface area contributed by atoms with E-state index in [4.69, 9.17) is 9.84 Å². The molecule has 0 aliphatic heterocycles. The summed E-state index contributed by atoms with van der Waals surface area (Å²) in [7, 11) is -1.94. The van der Waals surface area contributed by atoms with Crippen molar-refractivity contribution in [3.63, 3.8) is 0 Å². The molecule has 0 saturated heterocycles. The van der Waals surface area contributed by atoms with Gasteiger partial charge in [0.1, 0.15) is 6.61 Å². The van der Waals surface area contributed by atoms with E-state index in [0.717, 1.165) is 0 Å². The van der Waals surface area contributed by atoms with Crippen LogP contribution in [0, 0.1) is 18.8 Å². The van der Waals surface area contributed by atoms with Crippen LogP contribution in [0.25, 0.3) is 0 Å². The first-order valence-corrected chi connectivity index (χ1v) is 8.20. The van der Waals surface area contributed by atoms with Crippen molar-refractivity contribution in [1.29, 1.82) is 0 Å². The Morgan fingerprint density at radius 1 is 1.43 bits per heavy atom. The Kier molecular flexibility index (Phi) is 5.01. The van der Waals surface area contributed by atoms with Gasteiger partial charge in [0.05, 0.1) is 11.0 Å². The summed E-state index contributed by atoms with van der Waals surface area (Å²) in [5.74, 6) is 5.23. The molecule has 5 nitrogen and oxygen atoms in total. The standard InChI is InChI=1S/C15H19NO4S/c1-11-5-6-12(4-3-7-17)8-15(11)21(18,19)16-13-9-14(10-13)20-2/h5-6,8,13-14,16-17H,7,9-10H2,1-2H3. The van der Waals surface area contributed by atoms with Crippen LogP contribution in [-0.2, 0) is 14.8 Å². The summed E-state index contributed by atoms with van der Waals surface area (Å²) in [5, 5.41) is 8.70. The average Bonchev–Trinajstić information content (AvgIpc) is 2.41. The van der Waals surface area contributed by atoms with Crippen LogP contribution < -0.4 is 4.72 Å². The van der Waals surface area contributed by atoms with Crippen molar-refractivity contribution in [1.82, 2.24) is 4.72 Å². The molecule has 0 atom stereocenters. The first-order valence-electron chi connectivity index (χ1n) is 6.72. The quantitative estimate of drug-likeness (QED) is 0.807. The highest BCUT2D eigenvalue weighted by Gasteiger charge is 2.33. The second kappa shape index (κ2) is 6.58. The number of rotatable bonds is 4. The van der Waals surface area contributed by atoms with Gasteiger partial charge < -0.3 is 9.84 Å². The number of benzene rings is 1. The maximum Gasteiger partial charge on any atom is 0.241 e. The molecule has 0 spiro atoms. The molecule has 0 aromatic heterocycles. The van der Waals surface area contributed by atoms with Crippen molar-refractivity contribution >= 4 is 10.0 Å². The molecule has 6 heteroatoms. The summed E-state index contributed by atoms with van der Waals surface area (Å²) in [6, 6.07) is 4.91.